The highest BCUT2D eigenvalue weighted by Gasteiger charge is 2.12. The minimum atomic E-state index is -0.309. The molecule has 3 aromatic rings. The summed E-state index contributed by atoms with van der Waals surface area (Å²) in [5, 5.41) is 16.7. The van der Waals surface area contributed by atoms with Gasteiger partial charge in [-0.05, 0) is 12.1 Å². The second-order valence-electron chi connectivity index (χ2n) is 3.66. The zero-order valence-electron chi connectivity index (χ0n) is 9.25. The number of hydrogen-bond acceptors (Lipinski definition) is 5. The van der Waals surface area contributed by atoms with Gasteiger partial charge in [0.2, 0.25) is 0 Å². The fourth-order valence-electron chi connectivity index (χ4n) is 1.60. The molecule has 0 saturated heterocycles. The van der Waals surface area contributed by atoms with Crippen molar-refractivity contribution in [2.24, 2.45) is 0 Å². The van der Waals surface area contributed by atoms with Crippen molar-refractivity contribution in [3.63, 3.8) is 0 Å². The number of nitrogens with zero attached hydrogens (tertiary/aromatic N) is 3. The zero-order chi connectivity index (χ0) is 12.4. The van der Waals surface area contributed by atoms with E-state index in [2.05, 4.69) is 25.9 Å². The molecule has 0 saturated carbocycles. The third kappa shape index (κ3) is 1.93. The zero-order valence-corrected chi connectivity index (χ0v) is 9.25. The Hall–Kier alpha value is -2.70. The van der Waals surface area contributed by atoms with Crippen LogP contribution in [0.1, 0.15) is 16.4 Å². The molecule has 0 radical (unpaired) electrons. The highest BCUT2D eigenvalue weighted by Crippen LogP contribution is 2.18. The summed E-state index contributed by atoms with van der Waals surface area (Å²) in [7, 11) is 0. The molecule has 7 nitrogen and oxygen atoms in total. The number of hydrogen-bond donors (Lipinski definition) is 2. The summed E-state index contributed by atoms with van der Waals surface area (Å²) < 4.78 is 5.42. The molecule has 2 N–H and O–H groups in total. The number of aromatic nitrogens is 4. The molecule has 0 spiro atoms. The number of tetrazole rings is 1. The van der Waals surface area contributed by atoms with Crippen LogP contribution in [0.15, 0.2) is 34.7 Å². The van der Waals surface area contributed by atoms with Crippen LogP contribution >= 0.6 is 0 Å². The van der Waals surface area contributed by atoms with Crippen LogP contribution < -0.4 is 5.32 Å². The average molecular weight is 243 g/mol. The maximum atomic E-state index is 11.8. The number of amides is 1. The number of carbonyl (C=O) groups excluding carboxylic acids is 1. The molecule has 0 aliphatic carbocycles. The first-order valence-electron chi connectivity index (χ1n) is 5.32. The van der Waals surface area contributed by atoms with Crippen molar-refractivity contribution in [1.29, 1.82) is 0 Å². The number of carbonyl (C=O) groups is 1. The summed E-state index contributed by atoms with van der Waals surface area (Å²) in [4.78, 5) is 11.8. The standard InChI is InChI=1S/C11H9N5O2/c17-11(12-6-10-13-15-16-14-10)9-5-7-3-1-2-4-8(7)18-9/h1-5H,6H2,(H,12,17)(H,13,14,15,16). The monoisotopic (exact) mass is 243 g/mol. The quantitative estimate of drug-likeness (QED) is 0.711. The molecule has 0 aliphatic rings. The first-order valence-corrected chi connectivity index (χ1v) is 5.32. The molecular formula is C11H9N5O2. The van der Waals surface area contributed by atoms with Gasteiger partial charge in [-0.25, -0.2) is 0 Å². The van der Waals surface area contributed by atoms with Gasteiger partial charge in [-0.1, -0.05) is 23.4 Å². The minimum absolute atomic E-state index is 0.201. The third-order valence-electron chi connectivity index (χ3n) is 2.45. The average Bonchev–Trinajstić information content (AvgIpc) is 3.04. The van der Waals surface area contributed by atoms with Crippen LogP contribution in [-0.2, 0) is 6.54 Å². The van der Waals surface area contributed by atoms with Crippen LogP contribution in [0, 0.1) is 0 Å². The van der Waals surface area contributed by atoms with Gasteiger partial charge in [0.1, 0.15) is 5.58 Å². The highest BCUT2D eigenvalue weighted by atomic mass is 16.3. The SMILES string of the molecule is O=C(NCc1nn[nH]n1)c1cc2ccccc2o1. The Morgan fingerprint density at radius 3 is 3.06 bits per heavy atom. The van der Waals surface area contributed by atoms with E-state index in [1.54, 1.807) is 6.07 Å². The molecule has 90 valence electrons. The van der Waals surface area contributed by atoms with Gasteiger partial charge in [-0.15, -0.1) is 10.2 Å². The number of para-hydroxylation sites is 1. The lowest BCUT2D eigenvalue weighted by molar-refractivity contribution is 0.0924. The summed E-state index contributed by atoms with van der Waals surface area (Å²) in [6.45, 7) is 0.201. The van der Waals surface area contributed by atoms with Gasteiger partial charge >= 0.3 is 0 Å². The fraction of sp³-hybridized carbons (Fsp3) is 0.0909. The lowest BCUT2D eigenvalue weighted by Gasteiger charge is -1.97. The highest BCUT2D eigenvalue weighted by molar-refractivity contribution is 5.95. The van der Waals surface area contributed by atoms with Gasteiger partial charge in [0, 0.05) is 5.39 Å². The van der Waals surface area contributed by atoms with Crippen LogP contribution in [-0.4, -0.2) is 26.5 Å². The van der Waals surface area contributed by atoms with Gasteiger partial charge in [0.05, 0.1) is 6.54 Å². The number of benzene rings is 1. The summed E-state index contributed by atoms with van der Waals surface area (Å²) in [6, 6.07) is 9.13. The van der Waals surface area contributed by atoms with Gasteiger partial charge in [-0.2, -0.15) is 5.21 Å². The second kappa shape index (κ2) is 4.28. The van der Waals surface area contributed by atoms with Crippen LogP contribution in [0.25, 0.3) is 11.0 Å². The second-order valence-corrected chi connectivity index (χ2v) is 3.66. The number of aromatic amines is 1. The number of nitrogens with one attached hydrogen (secondary N) is 2. The van der Waals surface area contributed by atoms with E-state index in [1.165, 1.54) is 0 Å². The summed E-state index contributed by atoms with van der Waals surface area (Å²) in [5.74, 6) is 0.371. The Labute approximate surface area is 101 Å². The van der Waals surface area contributed by atoms with Crippen molar-refractivity contribution in [3.8, 4) is 0 Å². The Kier molecular flexibility index (Phi) is 2.49. The van der Waals surface area contributed by atoms with Crippen molar-refractivity contribution < 1.29 is 9.21 Å². The molecule has 0 fully saturated rings. The van der Waals surface area contributed by atoms with E-state index < -0.39 is 0 Å². The Morgan fingerprint density at radius 2 is 2.28 bits per heavy atom. The molecule has 7 heteroatoms. The van der Waals surface area contributed by atoms with E-state index >= 15 is 0 Å². The maximum Gasteiger partial charge on any atom is 0.287 e. The van der Waals surface area contributed by atoms with Gasteiger partial charge in [0.15, 0.2) is 11.6 Å². The maximum absolute atomic E-state index is 11.8. The molecule has 0 aliphatic heterocycles. The third-order valence-corrected chi connectivity index (χ3v) is 2.45. The molecule has 3 rings (SSSR count). The summed E-state index contributed by atoms with van der Waals surface area (Å²) >= 11 is 0. The smallest absolute Gasteiger partial charge is 0.287 e. The minimum Gasteiger partial charge on any atom is -0.451 e. The number of H-pyrrole nitrogens is 1. The summed E-state index contributed by atoms with van der Waals surface area (Å²) in [6.07, 6.45) is 0. The predicted molar refractivity (Wildman–Crippen MR) is 61.6 cm³/mol. The van der Waals surface area contributed by atoms with Crippen molar-refractivity contribution in [2.75, 3.05) is 0 Å². The van der Waals surface area contributed by atoms with Crippen molar-refractivity contribution >= 4 is 16.9 Å². The number of furan rings is 1. The van der Waals surface area contributed by atoms with E-state index in [-0.39, 0.29) is 18.2 Å². The first-order chi connectivity index (χ1) is 8.83. The van der Waals surface area contributed by atoms with Crippen molar-refractivity contribution in [3.05, 3.63) is 41.9 Å². The fourth-order valence-corrected chi connectivity index (χ4v) is 1.60. The van der Waals surface area contributed by atoms with Crippen molar-refractivity contribution in [1.82, 2.24) is 25.9 Å². The predicted octanol–water partition coefficient (Wildman–Crippen LogP) is 0.876. The largest absolute Gasteiger partial charge is 0.451 e. The van der Waals surface area contributed by atoms with Gasteiger partial charge in [0.25, 0.3) is 5.91 Å². The molecule has 0 atom stereocenters. The van der Waals surface area contributed by atoms with Crippen LogP contribution in [0.3, 0.4) is 0 Å². The van der Waals surface area contributed by atoms with Gasteiger partial charge < -0.3 is 9.73 Å². The van der Waals surface area contributed by atoms with E-state index in [0.29, 0.717) is 11.4 Å². The molecular weight excluding hydrogens is 234 g/mol. The Balaban J connectivity index is 1.75. The van der Waals surface area contributed by atoms with Crippen LogP contribution in [0.4, 0.5) is 0 Å². The summed E-state index contributed by atoms with van der Waals surface area (Å²) in [5.41, 5.74) is 0.683. The van der Waals surface area contributed by atoms with Crippen LogP contribution in [0.5, 0.6) is 0 Å². The van der Waals surface area contributed by atoms with E-state index in [1.807, 2.05) is 24.3 Å². The molecule has 0 bridgehead atoms. The number of rotatable bonds is 3. The number of fused-ring (bicyclic) bond motifs is 1. The Morgan fingerprint density at radius 1 is 1.39 bits per heavy atom. The van der Waals surface area contributed by atoms with Crippen molar-refractivity contribution in [2.45, 2.75) is 6.54 Å². The molecule has 1 amide bonds. The molecule has 2 heterocycles. The lowest BCUT2D eigenvalue weighted by Crippen LogP contribution is -2.22. The molecule has 1 aromatic carbocycles. The van der Waals surface area contributed by atoms with E-state index in [4.69, 9.17) is 4.42 Å². The molecule has 2 aromatic heterocycles. The normalized spacial score (nSPS) is 10.7. The Bertz CT molecular complexity index is 641. The first kappa shape index (κ1) is 10.5. The lowest BCUT2D eigenvalue weighted by atomic mass is 10.2. The van der Waals surface area contributed by atoms with E-state index in [9.17, 15) is 4.79 Å². The topological polar surface area (TPSA) is 96.7 Å². The molecule has 0 unspecified atom stereocenters. The molecule has 18 heavy (non-hydrogen) atoms. The van der Waals surface area contributed by atoms with Gasteiger partial charge in [-0.3, -0.25) is 4.79 Å². The van der Waals surface area contributed by atoms with E-state index in [0.717, 1.165) is 5.39 Å². The van der Waals surface area contributed by atoms with Crippen LogP contribution in [0.2, 0.25) is 0 Å².